The van der Waals surface area contributed by atoms with Crippen LogP contribution < -0.4 is 11.1 Å². The third-order valence-corrected chi connectivity index (χ3v) is 3.90. The standard InChI is InChI=1S/C12H18N2O3S/c1-2-17-12(15)11-9(13)5-10(18-11)14-6-8-3-4-16-7-8/h5,8,14H,2-4,6-7,13H2,1H3. The third-order valence-electron chi connectivity index (χ3n) is 2.81. The highest BCUT2D eigenvalue weighted by molar-refractivity contribution is 7.18. The molecule has 18 heavy (non-hydrogen) atoms. The molecule has 0 bridgehead atoms. The molecule has 1 fully saturated rings. The number of rotatable bonds is 5. The Morgan fingerprint density at radius 3 is 3.22 bits per heavy atom. The van der Waals surface area contributed by atoms with E-state index < -0.39 is 0 Å². The van der Waals surface area contributed by atoms with Crippen LogP contribution in [0.25, 0.3) is 0 Å². The molecule has 1 aromatic rings. The van der Waals surface area contributed by atoms with E-state index in [-0.39, 0.29) is 5.97 Å². The van der Waals surface area contributed by atoms with Crippen molar-refractivity contribution in [1.82, 2.24) is 0 Å². The summed E-state index contributed by atoms with van der Waals surface area (Å²) < 4.78 is 10.3. The van der Waals surface area contributed by atoms with Crippen molar-refractivity contribution in [2.24, 2.45) is 5.92 Å². The van der Waals surface area contributed by atoms with Gasteiger partial charge in [-0.05, 0) is 19.4 Å². The average molecular weight is 270 g/mol. The zero-order valence-corrected chi connectivity index (χ0v) is 11.2. The molecule has 1 atom stereocenters. The molecule has 0 aromatic carbocycles. The first-order chi connectivity index (χ1) is 8.70. The first-order valence-electron chi connectivity index (χ1n) is 6.08. The summed E-state index contributed by atoms with van der Waals surface area (Å²) in [6, 6.07) is 1.78. The zero-order chi connectivity index (χ0) is 13.0. The normalized spacial score (nSPS) is 18.8. The Balaban J connectivity index is 1.93. The van der Waals surface area contributed by atoms with Gasteiger partial charge in [0, 0.05) is 19.1 Å². The van der Waals surface area contributed by atoms with Gasteiger partial charge in [0.05, 0.1) is 23.9 Å². The molecule has 2 rings (SSSR count). The van der Waals surface area contributed by atoms with Crippen LogP contribution in [0.4, 0.5) is 10.7 Å². The van der Waals surface area contributed by atoms with Gasteiger partial charge in [-0.15, -0.1) is 11.3 Å². The van der Waals surface area contributed by atoms with Crippen LogP contribution in [0.1, 0.15) is 23.0 Å². The van der Waals surface area contributed by atoms with E-state index in [0.717, 1.165) is 31.2 Å². The molecule has 6 heteroatoms. The van der Waals surface area contributed by atoms with E-state index in [2.05, 4.69) is 5.32 Å². The van der Waals surface area contributed by atoms with Crippen molar-refractivity contribution in [3.8, 4) is 0 Å². The van der Waals surface area contributed by atoms with E-state index in [0.29, 0.717) is 23.1 Å². The van der Waals surface area contributed by atoms with Crippen LogP contribution in [0.15, 0.2) is 6.07 Å². The van der Waals surface area contributed by atoms with Gasteiger partial charge in [0.2, 0.25) is 0 Å². The van der Waals surface area contributed by atoms with E-state index >= 15 is 0 Å². The van der Waals surface area contributed by atoms with Crippen molar-refractivity contribution in [1.29, 1.82) is 0 Å². The molecule has 0 spiro atoms. The van der Waals surface area contributed by atoms with E-state index in [1.165, 1.54) is 11.3 Å². The molecule has 100 valence electrons. The number of carbonyl (C=O) groups excluding carboxylic acids is 1. The molecule has 1 saturated heterocycles. The number of nitrogen functional groups attached to an aromatic ring is 1. The summed E-state index contributed by atoms with van der Waals surface area (Å²) in [5.74, 6) is 0.191. The van der Waals surface area contributed by atoms with E-state index in [4.69, 9.17) is 15.2 Å². The Morgan fingerprint density at radius 2 is 2.56 bits per heavy atom. The molecule has 1 unspecified atom stereocenters. The monoisotopic (exact) mass is 270 g/mol. The second-order valence-corrected chi connectivity index (χ2v) is 5.28. The quantitative estimate of drug-likeness (QED) is 0.800. The zero-order valence-electron chi connectivity index (χ0n) is 10.4. The SMILES string of the molecule is CCOC(=O)c1sc(NCC2CCOC2)cc1N. The molecule has 0 amide bonds. The maximum Gasteiger partial charge on any atom is 0.350 e. The first kappa shape index (κ1) is 13.2. The van der Waals surface area contributed by atoms with Crippen LogP contribution in [0.3, 0.4) is 0 Å². The van der Waals surface area contributed by atoms with Crippen LogP contribution in [0, 0.1) is 5.92 Å². The molecule has 0 aliphatic carbocycles. The van der Waals surface area contributed by atoms with E-state index in [9.17, 15) is 4.79 Å². The summed E-state index contributed by atoms with van der Waals surface area (Å²) in [7, 11) is 0. The third kappa shape index (κ3) is 3.14. The number of carbonyl (C=O) groups is 1. The van der Waals surface area contributed by atoms with Crippen LogP contribution in [0.2, 0.25) is 0 Å². The summed E-state index contributed by atoms with van der Waals surface area (Å²) >= 11 is 1.34. The van der Waals surface area contributed by atoms with Crippen molar-refractivity contribution in [3.63, 3.8) is 0 Å². The fraction of sp³-hybridized carbons (Fsp3) is 0.583. The number of esters is 1. The highest BCUT2D eigenvalue weighted by Crippen LogP contribution is 2.30. The van der Waals surface area contributed by atoms with Crippen LogP contribution in [-0.4, -0.2) is 32.3 Å². The van der Waals surface area contributed by atoms with Crippen molar-refractivity contribution >= 4 is 28.0 Å². The lowest BCUT2D eigenvalue weighted by Gasteiger charge is -2.08. The molecular weight excluding hydrogens is 252 g/mol. The lowest BCUT2D eigenvalue weighted by Crippen LogP contribution is -2.13. The van der Waals surface area contributed by atoms with E-state index in [1.807, 2.05) is 0 Å². The van der Waals surface area contributed by atoms with Gasteiger partial charge in [0.15, 0.2) is 0 Å². The molecule has 2 heterocycles. The lowest BCUT2D eigenvalue weighted by molar-refractivity contribution is 0.0533. The number of nitrogens with two attached hydrogens (primary N) is 1. The number of nitrogens with one attached hydrogen (secondary N) is 1. The molecule has 0 saturated carbocycles. The number of hydrogen-bond donors (Lipinski definition) is 2. The maximum absolute atomic E-state index is 11.6. The molecule has 1 aromatic heterocycles. The second kappa shape index (κ2) is 6.06. The maximum atomic E-state index is 11.6. The lowest BCUT2D eigenvalue weighted by atomic mass is 10.1. The average Bonchev–Trinajstić information content (AvgIpc) is 2.96. The van der Waals surface area contributed by atoms with Gasteiger partial charge in [-0.1, -0.05) is 0 Å². The van der Waals surface area contributed by atoms with Crippen LogP contribution in [-0.2, 0) is 9.47 Å². The molecule has 1 aliphatic heterocycles. The van der Waals surface area contributed by atoms with Crippen molar-refractivity contribution < 1.29 is 14.3 Å². The second-order valence-electron chi connectivity index (χ2n) is 4.23. The largest absolute Gasteiger partial charge is 0.462 e. The Hall–Kier alpha value is -1.27. The molecular formula is C12H18N2O3S. The number of hydrogen-bond acceptors (Lipinski definition) is 6. The molecule has 3 N–H and O–H groups in total. The van der Waals surface area contributed by atoms with Crippen molar-refractivity contribution in [2.45, 2.75) is 13.3 Å². The molecule has 5 nitrogen and oxygen atoms in total. The topological polar surface area (TPSA) is 73.6 Å². The minimum Gasteiger partial charge on any atom is -0.462 e. The summed E-state index contributed by atoms with van der Waals surface area (Å²) in [5.41, 5.74) is 6.28. The van der Waals surface area contributed by atoms with Crippen LogP contribution in [0.5, 0.6) is 0 Å². The van der Waals surface area contributed by atoms with Gasteiger partial charge in [0.1, 0.15) is 4.88 Å². The van der Waals surface area contributed by atoms with Crippen molar-refractivity contribution in [2.75, 3.05) is 37.4 Å². The van der Waals surface area contributed by atoms with Gasteiger partial charge in [-0.2, -0.15) is 0 Å². The summed E-state index contributed by atoms with van der Waals surface area (Å²) in [6.45, 7) is 4.63. The summed E-state index contributed by atoms with van der Waals surface area (Å²) in [6.07, 6.45) is 1.08. The van der Waals surface area contributed by atoms with Crippen molar-refractivity contribution in [3.05, 3.63) is 10.9 Å². The summed E-state index contributed by atoms with van der Waals surface area (Å²) in [4.78, 5) is 12.1. The van der Waals surface area contributed by atoms with Gasteiger partial charge in [0.25, 0.3) is 0 Å². The highest BCUT2D eigenvalue weighted by atomic mass is 32.1. The first-order valence-corrected chi connectivity index (χ1v) is 6.90. The molecule has 1 aliphatic rings. The van der Waals surface area contributed by atoms with Crippen LogP contribution >= 0.6 is 11.3 Å². The predicted molar refractivity (Wildman–Crippen MR) is 72.1 cm³/mol. The Morgan fingerprint density at radius 1 is 1.72 bits per heavy atom. The minimum atomic E-state index is -0.350. The number of anilines is 2. The van der Waals surface area contributed by atoms with Gasteiger partial charge in [-0.25, -0.2) is 4.79 Å². The Bertz CT molecular complexity index is 413. The Kier molecular flexibility index (Phi) is 4.43. The van der Waals surface area contributed by atoms with Gasteiger partial charge >= 0.3 is 5.97 Å². The van der Waals surface area contributed by atoms with Gasteiger partial charge < -0.3 is 20.5 Å². The van der Waals surface area contributed by atoms with Gasteiger partial charge in [-0.3, -0.25) is 0 Å². The number of thiophene rings is 1. The minimum absolute atomic E-state index is 0.350. The number of ether oxygens (including phenoxy) is 2. The molecule has 0 radical (unpaired) electrons. The highest BCUT2D eigenvalue weighted by Gasteiger charge is 2.18. The predicted octanol–water partition coefficient (Wildman–Crippen LogP) is 1.96. The Labute approximate surface area is 110 Å². The van der Waals surface area contributed by atoms with E-state index in [1.54, 1.807) is 13.0 Å². The summed E-state index contributed by atoms with van der Waals surface area (Å²) in [5, 5.41) is 4.20. The smallest absolute Gasteiger partial charge is 0.350 e. The fourth-order valence-electron chi connectivity index (χ4n) is 1.84. The fourth-order valence-corrected chi connectivity index (χ4v) is 2.72.